The Labute approximate surface area is 102 Å². The fourth-order valence-corrected chi connectivity index (χ4v) is 1.81. The maximum atomic E-state index is 9.95. The normalized spacial score (nSPS) is 12.6. The zero-order valence-corrected chi connectivity index (χ0v) is 10.0. The fourth-order valence-electron chi connectivity index (χ4n) is 1.81. The van der Waals surface area contributed by atoms with E-state index < -0.39 is 6.10 Å². The third-order valence-corrected chi connectivity index (χ3v) is 2.88. The van der Waals surface area contributed by atoms with Gasteiger partial charge in [-0.1, -0.05) is 30.3 Å². The third-order valence-electron chi connectivity index (χ3n) is 2.88. The first-order valence-electron chi connectivity index (χ1n) is 5.81. The smallest absolute Gasteiger partial charge is 0.0914 e. The molecule has 1 atom stereocenters. The summed E-state index contributed by atoms with van der Waals surface area (Å²) in [6.07, 6.45) is 1.57. The van der Waals surface area contributed by atoms with Gasteiger partial charge in [-0.15, -0.1) is 0 Å². The highest BCUT2D eigenvalue weighted by molar-refractivity contribution is 5.17. The van der Waals surface area contributed by atoms with E-state index in [4.69, 9.17) is 0 Å². The molecule has 3 nitrogen and oxygen atoms in total. The van der Waals surface area contributed by atoms with E-state index in [-0.39, 0.29) is 0 Å². The topological polar surface area (TPSA) is 37.2 Å². The molecule has 1 aromatic carbocycles. The van der Waals surface area contributed by atoms with E-state index in [1.165, 1.54) is 5.69 Å². The standard InChI is InChI=1S/C14H18N2O/c1-16-9-5-8-13(16)10-15-11-14(17)12-6-3-2-4-7-12/h2-9,14-15,17H,10-11H2,1H3. The number of aliphatic hydroxyl groups is 1. The Morgan fingerprint density at radius 1 is 1.18 bits per heavy atom. The number of aryl methyl sites for hydroxylation is 1. The van der Waals surface area contributed by atoms with Gasteiger partial charge in [0, 0.05) is 32.0 Å². The van der Waals surface area contributed by atoms with E-state index in [0.29, 0.717) is 6.54 Å². The quantitative estimate of drug-likeness (QED) is 0.822. The number of hydrogen-bond donors (Lipinski definition) is 2. The van der Waals surface area contributed by atoms with E-state index >= 15 is 0 Å². The summed E-state index contributed by atoms with van der Waals surface area (Å²) >= 11 is 0. The van der Waals surface area contributed by atoms with E-state index in [0.717, 1.165) is 12.1 Å². The van der Waals surface area contributed by atoms with Crippen LogP contribution >= 0.6 is 0 Å². The van der Waals surface area contributed by atoms with Crippen LogP contribution in [0, 0.1) is 0 Å². The lowest BCUT2D eigenvalue weighted by Crippen LogP contribution is -2.22. The molecule has 0 radical (unpaired) electrons. The molecule has 0 spiro atoms. The van der Waals surface area contributed by atoms with Crippen LogP contribution in [0.3, 0.4) is 0 Å². The molecular weight excluding hydrogens is 212 g/mol. The van der Waals surface area contributed by atoms with Gasteiger partial charge in [0.1, 0.15) is 0 Å². The summed E-state index contributed by atoms with van der Waals surface area (Å²) in [6.45, 7) is 1.34. The summed E-state index contributed by atoms with van der Waals surface area (Å²) in [4.78, 5) is 0. The van der Waals surface area contributed by atoms with Crippen molar-refractivity contribution in [3.63, 3.8) is 0 Å². The zero-order valence-electron chi connectivity index (χ0n) is 10.0. The first kappa shape index (κ1) is 11.9. The van der Waals surface area contributed by atoms with Crippen molar-refractivity contribution in [2.75, 3.05) is 6.54 Å². The van der Waals surface area contributed by atoms with Gasteiger partial charge in [-0.05, 0) is 17.7 Å². The Morgan fingerprint density at radius 3 is 2.59 bits per heavy atom. The monoisotopic (exact) mass is 230 g/mol. The average Bonchev–Trinajstić information content (AvgIpc) is 2.76. The van der Waals surface area contributed by atoms with Crippen molar-refractivity contribution in [1.29, 1.82) is 0 Å². The van der Waals surface area contributed by atoms with Crippen LogP contribution in [0.4, 0.5) is 0 Å². The van der Waals surface area contributed by atoms with Gasteiger partial charge in [0.05, 0.1) is 6.10 Å². The maximum Gasteiger partial charge on any atom is 0.0914 e. The van der Waals surface area contributed by atoms with Crippen molar-refractivity contribution < 1.29 is 5.11 Å². The summed E-state index contributed by atoms with van der Waals surface area (Å²) in [7, 11) is 2.02. The van der Waals surface area contributed by atoms with Crippen molar-refractivity contribution in [3.05, 3.63) is 59.9 Å². The number of benzene rings is 1. The van der Waals surface area contributed by atoms with Crippen LogP contribution in [0.2, 0.25) is 0 Å². The van der Waals surface area contributed by atoms with Gasteiger partial charge < -0.3 is 15.0 Å². The Kier molecular flexibility index (Phi) is 3.96. The minimum Gasteiger partial charge on any atom is -0.387 e. The van der Waals surface area contributed by atoms with E-state index in [1.54, 1.807) is 0 Å². The average molecular weight is 230 g/mol. The molecule has 3 heteroatoms. The van der Waals surface area contributed by atoms with Crippen molar-refractivity contribution in [3.8, 4) is 0 Å². The molecule has 90 valence electrons. The molecular formula is C14H18N2O. The lowest BCUT2D eigenvalue weighted by molar-refractivity contribution is 0.174. The predicted octanol–water partition coefficient (Wildman–Crippen LogP) is 1.85. The van der Waals surface area contributed by atoms with Crippen LogP contribution in [0.5, 0.6) is 0 Å². The highest BCUT2D eigenvalue weighted by Gasteiger charge is 2.06. The second-order valence-corrected chi connectivity index (χ2v) is 4.17. The summed E-state index contributed by atoms with van der Waals surface area (Å²) in [6, 6.07) is 13.8. The fraction of sp³-hybridized carbons (Fsp3) is 0.286. The number of nitrogens with zero attached hydrogens (tertiary/aromatic N) is 1. The van der Waals surface area contributed by atoms with E-state index in [9.17, 15) is 5.11 Å². The summed E-state index contributed by atoms with van der Waals surface area (Å²) < 4.78 is 2.07. The van der Waals surface area contributed by atoms with E-state index in [1.807, 2.05) is 49.6 Å². The molecule has 0 aliphatic rings. The predicted molar refractivity (Wildman–Crippen MR) is 68.5 cm³/mol. The number of aliphatic hydroxyl groups excluding tert-OH is 1. The van der Waals surface area contributed by atoms with Crippen LogP contribution in [-0.2, 0) is 13.6 Å². The maximum absolute atomic E-state index is 9.95. The van der Waals surface area contributed by atoms with Gasteiger partial charge in [0.25, 0.3) is 0 Å². The second kappa shape index (κ2) is 5.66. The minimum atomic E-state index is -0.448. The Morgan fingerprint density at radius 2 is 1.94 bits per heavy atom. The van der Waals surface area contributed by atoms with Gasteiger partial charge in [0.2, 0.25) is 0 Å². The third kappa shape index (κ3) is 3.19. The zero-order chi connectivity index (χ0) is 12.1. The lowest BCUT2D eigenvalue weighted by Gasteiger charge is -2.12. The molecule has 0 bridgehead atoms. The molecule has 0 fully saturated rings. The molecule has 1 heterocycles. The van der Waals surface area contributed by atoms with Crippen molar-refractivity contribution >= 4 is 0 Å². The molecule has 2 rings (SSSR count). The highest BCUT2D eigenvalue weighted by atomic mass is 16.3. The molecule has 0 saturated heterocycles. The molecule has 0 aliphatic heterocycles. The van der Waals surface area contributed by atoms with Crippen molar-refractivity contribution in [2.24, 2.45) is 7.05 Å². The van der Waals surface area contributed by atoms with Crippen molar-refractivity contribution in [2.45, 2.75) is 12.6 Å². The SMILES string of the molecule is Cn1cccc1CNCC(O)c1ccccc1. The molecule has 0 aliphatic carbocycles. The molecule has 2 N–H and O–H groups in total. The number of rotatable bonds is 5. The number of hydrogen-bond acceptors (Lipinski definition) is 2. The first-order valence-corrected chi connectivity index (χ1v) is 5.81. The Hall–Kier alpha value is -1.58. The van der Waals surface area contributed by atoms with Crippen molar-refractivity contribution in [1.82, 2.24) is 9.88 Å². The molecule has 1 aromatic heterocycles. The van der Waals surface area contributed by atoms with Gasteiger partial charge >= 0.3 is 0 Å². The van der Waals surface area contributed by atoms with Gasteiger partial charge in [-0.3, -0.25) is 0 Å². The second-order valence-electron chi connectivity index (χ2n) is 4.17. The highest BCUT2D eigenvalue weighted by Crippen LogP contribution is 2.10. The number of aromatic nitrogens is 1. The summed E-state index contributed by atoms with van der Waals surface area (Å²) in [5.41, 5.74) is 2.16. The van der Waals surface area contributed by atoms with Gasteiger partial charge in [-0.25, -0.2) is 0 Å². The van der Waals surface area contributed by atoms with Crippen LogP contribution in [0.1, 0.15) is 17.4 Å². The molecule has 1 unspecified atom stereocenters. The van der Waals surface area contributed by atoms with Gasteiger partial charge in [-0.2, -0.15) is 0 Å². The Bertz CT molecular complexity index is 450. The van der Waals surface area contributed by atoms with E-state index in [2.05, 4.69) is 16.0 Å². The van der Waals surface area contributed by atoms with Crippen LogP contribution in [0.15, 0.2) is 48.7 Å². The Balaban J connectivity index is 1.81. The van der Waals surface area contributed by atoms with Gasteiger partial charge in [0.15, 0.2) is 0 Å². The first-order chi connectivity index (χ1) is 8.27. The number of nitrogens with one attached hydrogen (secondary N) is 1. The minimum absolute atomic E-state index is 0.448. The molecule has 2 aromatic rings. The van der Waals surface area contributed by atoms with Crippen LogP contribution in [0.25, 0.3) is 0 Å². The van der Waals surface area contributed by atoms with Crippen LogP contribution in [-0.4, -0.2) is 16.2 Å². The summed E-state index contributed by atoms with van der Waals surface area (Å²) in [5, 5.41) is 13.2. The largest absolute Gasteiger partial charge is 0.387 e. The molecule has 17 heavy (non-hydrogen) atoms. The molecule has 0 saturated carbocycles. The summed E-state index contributed by atoms with van der Waals surface area (Å²) in [5.74, 6) is 0. The molecule has 0 amide bonds. The lowest BCUT2D eigenvalue weighted by atomic mass is 10.1. The van der Waals surface area contributed by atoms with Crippen LogP contribution < -0.4 is 5.32 Å².